The second-order valence-corrected chi connectivity index (χ2v) is 5.18. The number of carboxylic acids is 1. The summed E-state index contributed by atoms with van der Waals surface area (Å²) in [6.45, 7) is 2.59. The molecule has 19 heavy (non-hydrogen) atoms. The van der Waals surface area contributed by atoms with Crippen LogP contribution in [0.5, 0.6) is 0 Å². The third kappa shape index (κ3) is 3.96. The Morgan fingerprint density at radius 2 is 1.95 bits per heavy atom. The van der Waals surface area contributed by atoms with Crippen molar-refractivity contribution < 1.29 is 14.7 Å². The van der Waals surface area contributed by atoms with E-state index in [9.17, 15) is 14.7 Å². The maximum Gasteiger partial charge on any atom is 0.337 e. The average molecular weight is 329 g/mol. The highest BCUT2D eigenvalue weighted by molar-refractivity contribution is 9.10. The monoisotopic (exact) mass is 328 g/mol. The topological polar surface area (TPSA) is 60.9 Å². The Hall–Kier alpha value is -1.56. The molecule has 0 spiro atoms. The van der Waals surface area contributed by atoms with Gasteiger partial charge in [0, 0.05) is 25.1 Å². The summed E-state index contributed by atoms with van der Waals surface area (Å²) >= 11 is 3.32. The van der Waals surface area contributed by atoms with Crippen LogP contribution in [-0.2, 0) is 4.79 Å². The molecule has 1 rings (SSSR count). The van der Waals surface area contributed by atoms with Gasteiger partial charge in [-0.2, -0.15) is 0 Å². The van der Waals surface area contributed by atoms with E-state index in [1.165, 1.54) is 11.0 Å². The van der Waals surface area contributed by atoms with Crippen molar-refractivity contribution in [1.29, 1.82) is 0 Å². The van der Waals surface area contributed by atoms with E-state index in [0.717, 1.165) is 4.47 Å². The van der Waals surface area contributed by atoms with Crippen molar-refractivity contribution in [3.05, 3.63) is 28.2 Å². The number of halogens is 1. The number of benzene rings is 1. The van der Waals surface area contributed by atoms with E-state index in [-0.39, 0.29) is 18.0 Å². The van der Waals surface area contributed by atoms with E-state index < -0.39 is 5.97 Å². The Kier molecular flexibility index (Phi) is 5.35. The molecule has 0 atom stereocenters. The van der Waals surface area contributed by atoms with Crippen LogP contribution in [0.3, 0.4) is 0 Å². The lowest BCUT2D eigenvalue weighted by Gasteiger charge is -2.25. The van der Waals surface area contributed by atoms with Gasteiger partial charge in [-0.05, 0) is 25.1 Å². The molecule has 0 aromatic heterocycles. The summed E-state index contributed by atoms with van der Waals surface area (Å²) in [5.41, 5.74) is 0.733. The number of carbonyl (C=O) groups excluding carboxylic acids is 1. The lowest BCUT2D eigenvalue weighted by Crippen LogP contribution is -2.37. The van der Waals surface area contributed by atoms with Crippen molar-refractivity contribution in [3.63, 3.8) is 0 Å². The van der Waals surface area contributed by atoms with Crippen LogP contribution in [0, 0.1) is 0 Å². The molecule has 1 aromatic rings. The minimum Gasteiger partial charge on any atom is -0.478 e. The van der Waals surface area contributed by atoms with Gasteiger partial charge in [-0.15, -0.1) is 0 Å². The van der Waals surface area contributed by atoms with Gasteiger partial charge < -0.3 is 14.9 Å². The molecule has 0 radical (unpaired) electrons. The third-order valence-electron chi connectivity index (χ3n) is 2.74. The number of anilines is 1. The summed E-state index contributed by atoms with van der Waals surface area (Å²) in [5, 5.41) is 9.21. The lowest BCUT2D eigenvalue weighted by molar-refractivity contribution is -0.127. The Labute approximate surface area is 120 Å². The molecule has 0 bridgehead atoms. The van der Waals surface area contributed by atoms with Crippen molar-refractivity contribution in [2.75, 3.05) is 32.1 Å². The van der Waals surface area contributed by atoms with Gasteiger partial charge in [-0.1, -0.05) is 15.9 Å². The highest BCUT2D eigenvalue weighted by Gasteiger charge is 2.18. The molecule has 0 aliphatic carbocycles. The first kappa shape index (κ1) is 15.5. The van der Waals surface area contributed by atoms with Gasteiger partial charge in [0.1, 0.15) is 0 Å². The fourth-order valence-electron chi connectivity index (χ4n) is 1.62. The Balaban J connectivity index is 3.13. The molecule has 1 N–H and O–H groups in total. The van der Waals surface area contributed by atoms with Gasteiger partial charge in [-0.25, -0.2) is 4.79 Å². The first-order valence-electron chi connectivity index (χ1n) is 5.84. The van der Waals surface area contributed by atoms with Gasteiger partial charge in [0.2, 0.25) is 5.91 Å². The number of rotatable bonds is 5. The van der Waals surface area contributed by atoms with Crippen LogP contribution >= 0.6 is 15.9 Å². The summed E-state index contributed by atoms with van der Waals surface area (Å²) in [6, 6.07) is 4.93. The third-order valence-corrected chi connectivity index (χ3v) is 3.23. The number of hydrogen-bond acceptors (Lipinski definition) is 3. The van der Waals surface area contributed by atoms with E-state index in [4.69, 9.17) is 0 Å². The second kappa shape index (κ2) is 6.56. The minimum atomic E-state index is -1.00. The first-order valence-corrected chi connectivity index (χ1v) is 6.64. The van der Waals surface area contributed by atoms with Crippen LogP contribution in [0.2, 0.25) is 0 Å². The van der Waals surface area contributed by atoms with Crippen LogP contribution < -0.4 is 4.90 Å². The van der Waals surface area contributed by atoms with E-state index in [1.54, 1.807) is 31.1 Å². The predicted molar refractivity (Wildman–Crippen MR) is 77.7 cm³/mol. The number of carboxylic acid groups (broad SMARTS) is 1. The molecular formula is C13H17BrN2O3. The standard InChI is InChI=1S/C13H17BrN2O3/c1-4-16(8-12(17)15(2)3)11-7-9(14)5-6-10(11)13(18)19/h5-7H,4,8H2,1-3H3,(H,18,19). The summed E-state index contributed by atoms with van der Waals surface area (Å²) < 4.78 is 0.781. The predicted octanol–water partition coefficient (Wildman–Crippen LogP) is 2.06. The molecule has 0 saturated carbocycles. The maximum atomic E-state index is 11.8. The van der Waals surface area contributed by atoms with Gasteiger partial charge in [0.25, 0.3) is 0 Å². The van der Waals surface area contributed by atoms with Gasteiger partial charge in [-0.3, -0.25) is 4.79 Å². The fraction of sp³-hybridized carbons (Fsp3) is 0.385. The zero-order chi connectivity index (χ0) is 14.6. The van der Waals surface area contributed by atoms with Crippen molar-refractivity contribution in [3.8, 4) is 0 Å². The average Bonchev–Trinajstić information content (AvgIpc) is 2.34. The van der Waals surface area contributed by atoms with E-state index in [0.29, 0.717) is 12.2 Å². The fourth-order valence-corrected chi connectivity index (χ4v) is 1.97. The summed E-state index contributed by atoms with van der Waals surface area (Å²) in [4.78, 5) is 26.2. The molecular weight excluding hydrogens is 312 g/mol. The highest BCUT2D eigenvalue weighted by atomic mass is 79.9. The molecule has 1 aromatic carbocycles. The Morgan fingerprint density at radius 3 is 2.42 bits per heavy atom. The minimum absolute atomic E-state index is 0.0711. The van der Waals surface area contributed by atoms with Crippen LogP contribution in [0.15, 0.2) is 22.7 Å². The SMILES string of the molecule is CCN(CC(=O)N(C)C)c1cc(Br)ccc1C(=O)O. The molecule has 0 aliphatic heterocycles. The Bertz CT molecular complexity index is 489. The van der Waals surface area contributed by atoms with Crippen LogP contribution in [0.4, 0.5) is 5.69 Å². The summed E-state index contributed by atoms with van der Waals surface area (Å²) in [7, 11) is 3.35. The van der Waals surface area contributed by atoms with Crippen LogP contribution in [0.25, 0.3) is 0 Å². The largest absolute Gasteiger partial charge is 0.478 e. The van der Waals surface area contributed by atoms with Gasteiger partial charge >= 0.3 is 5.97 Å². The second-order valence-electron chi connectivity index (χ2n) is 4.27. The quantitative estimate of drug-likeness (QED) is 0.898. The maximum absolute atomic E-state index is 11.8. The van der Waals surface area contributed by atoms with Crippen molar-refractivity contribution in [2.45, 2.75) is 6.92 Å². The first-order chi connectivity index (χ1) is 8.86. The molecule has 0 aliphatic rings. The molecule has 104 valence electrons. The van der Waals surface area contributed by atoms with E-state index >= 15 is 0 Å². The highest BCUT2D eigenvalue weighted by Crippen LogP contribution is 2.25. The van der Waals surface area contributed by atoms with Crippen molar-refractivity contribution in [1.82, 2.24) is 4.90 Å². The number of nitrogens with zero attached hydrogens (tertiary/aromatic N) is 2. The van der Waals surface area contributed by atoms with Crippen LogP contribution in [-0.4, -0.2) is 49.1 Å². The molecule has 1 amide bonds. The zero-order valence-corrected chi connectivity index (χ0v) is 12.8. The molecule has 0 saturated heterocycles. The molecule has 5 nitrogen and oxygen atoms in total. The van der Waals surface area contributed by atoms with Crippen molar-refractivity contribution >= 4 is 33.5 Å². The van der Waals surface area contributed by atoms with Gasteiger partial charge in [0.05, 0.1) is 17.8 Å². The normalized spacial score (nSPS) is 10.1. The smallest absolute Gasteiger partial charge is 0.337 e. The lowest BCUT2D eigenvalue weighted by atomic mass is 10.1. The molecule has 0 heterocycles. The number of aromatic carboxylic acids is 1. The number of likely N-dealkylation sites (N-methyl/N-ethyl adjacent to an activating group) is 2. The van der Waals surface area contributed by atoms with E-state index in [1.807, 2.05) is 6.92 Å². The number of amides is 1. The number of hydrogen-bond donors (Lipinski definition) is 1. The zero-order valence-electron chi connectivity index (χ0n) is 11.2. The van der Waals surface area contributed by atoms with Crippen LogP contribution in [0.1, 0.15) is 17.3 Å². The van der Waals surface area contributed by atoms with E-state index in [2.05, 4.69) is 15.9 Å². The number of carbonyl (C=O) groups is 2. The summed E-state index contributed by atoms with van der Waals surface area (Å²) in [6.07, 6.45) is 0. The molecule has 0 unspecified atom stereocenters. The molecule has 6 heteroatoms. The Morgan fingerprint density at radius 1 is 1.32 bits per heavy atom. The summed E-state index contributed by atoms with van der Waals surface area (Å²) in [5.74, 6) is -1.07. The van der Waals surface area contributed by atoms with Gasteiger partial charge in [0.15, 0.2) is 0 Å². The van der Waals surface area contributed by atoms with Crippen molar-refractivity contribution in [2.24, 2.45) is 0 Å². The molecule has 0 fully saturated rings.